The molecule has 2 aromatic rings. The molecular weight excluding hydrogens is 414 g/mol. The van der Waals surface area contributed by atoms with Gasteiger partial charge >= 0.3 is 0 Å². The molecule has 1 saturated heterocycles. The van der Waals surface area contributed by atoms with Crippen LogP contribution in [0.2, 0.25) is 0 Å². The van der Waals surface area contributed by atoms with Crippen molar-refractivity contribution in [2.75, 3.05) is 38.2 Å². The van der Waals surface area contributed by atoms with Gasteiger partial charge in [-0.3, -0.25) is 4.79 Å². The van der Waals surface area contributed by atoms with Crippen molar-refractivity contribution in [1.82, 2.24) is 4.31 Å². The molecule has 0 unspecified atom stereocenters. The molecular formula is C19H21N3O5S2. The molecule has 3 rings (SSSR count). The van der Waals surface area contributed by atoms with Gasteiger partial charge in [0, 0.05) is 31.3 Å². The van der Waals surface area contributed by atoms with E-state index in [4.69, 9.17) is 14.7 Å². The second kappa shape index (κ2) is 9.84. The zero-order valence-electron chi connectivity index (χ0n) is 15.7. The van der Waals surface area contributed by atoms with Gasteiger partial charge in [-0.1, -0.05) is 6.07 Å². The summed E-state index contributed by atoms with van der Waals surface area (Å²) >= 11 is 1.08. The lowest BCUT2D eigenvalue weighted by molar-refractivity contribution is 0.0730. The number of ether oxygens (including phenoxy) is 2. The largest absolute Gasteiger partial charge is 0.493 e. The van der Waals surface area contributed by atoms with Gasteiger partial charge < -0.3 is 14.8 Å². The molecule has 1 aromatic heterocycles. The van der Waals surface area contributed by atoms with Gasteiger partial charge in [-0.15, -0.1) is 11.3 Å². The lowest BCUT2D eigenvalue weighted by Crippen LogP contribution is -2.41. The molecule has 0 spiro atoms. The van der Waals surface area contributed by atoms with E-state index < -0.39 is 15.9 Å². The summed E-state index contributed by atoms with van der Waals surface area (Å²) < 4.78 is 37.9. The molecule has 0 bridgehead atoms. The van der Waals surface area contributed by atoms with Crippen molar-refractivity contribution in [3.05, 3.63) is 40.6 Å². The molecule has 0 radical (unpaired) electrons. The van der Waals surface area contributed by atoms with Gasteiger partial charge in [0.15, 0.2) is 0 Å². The Hall–Kier alpha value is -2.45. The number of carbonyl (C=O) groups is 1. The van der Waals surface area contributed by atoms with Crippen molar-refractivity contribution in [2.24, 2.45) is 0 Å². The van der Waals surface area contributed by atoms with E-state index in [-0.39, 0.29) is 22.9 Å². The van der Waals surface area contributed by atoms with Gasteiger partial charge in [-0.2, -0.15) is 9.57 Å². The van der Waals surface area contributed by atoms with E-state index in [1.165, 1.54) is 10.4 Å². The molecule has 1 aliphatic rings. The quantitative estimate of drug-likeness (QED) is 0.639. The third kappa shape index (κ3) is 5.33. The van der Waals surface area contributed by atoms with E-state index in [9.17, 15) is 13.2 Å². The smallest absolute Gasteiger partial charge is 0.267 e. The van der Waals surface area contributed by atoms with Crippen LogP contribution in [0.3, 0.4) is 0 Å². The summed E-state index contributed by atoms with van der Waals surface area (Å²) in [6.45, 7) is 1.62. The van der Waals surface area contributed by atoms with E-state index >= 15 is 0 Å². The summed E-state index contributed by atoms with van der Waals surface area (Å²) in [6, 6.07) is 10.4. The number of hydrogen-bond acceptors (Lipinski definition) is 7. The summed E-state index contributed by atoms with van der Waals surface area (Å²) in [5.74, 6) is 0.0709. The fourth-order valence-electron chi connectivity index (χ4n) is 2.78. The Morgan fingerprint density at radius 1 is 1.31 bits per heavy atom. The third-order valence-electron chi connectivity index (χ3n) is 4.22. The zero-order chi connectivity index (χ0) is 20.7. The van der Waals surface area contributed by atoms with Crippen LogP contribution in [-0.2, 0) is 14.8 Å². The summed E-state index contributed by atoms with van der Waals surface area (Å²) in [6.07, 6.45) is 1.03. The molecule has 1 N–H and O–H groups in total. The Bertz CT molecular complexity index is 991. The maximum Gasteiger partial charge on any atom is 0.267 e. The highest BCUT2D eigenvalue weighted by atomic mass is 32.2. The number of carbonyl (C=O) groups excluding carboxylic acids is 1. The normalized spacial score (nSPS) is 14.9. The van der Waals surface area contributed by atoms with Crippen LogP contribution < -0.4 is 10.1 Å². The zero-order valence-corrected chi connectivity index (χ0v) is 17.3. The van der Waals surface area contributed by atoms with Crippen molar-refractivity contribution in [3.8, 4) is 11.8 Å². The Morgan fingerprint density at radius 2 is 2.10 bits per heavy atom. The van der Waals surface area contributed by atoms with Crippen molar-refractivity contribution >= 4 is 33.0 Å². The van der Waals surface area contributed by atoms with Crippen LogP contribution in [0.1, 0.15) is 22.5 Å². The van der Waals surface area contributed by atoms with Gasteiger partial charge in [0.2, 0.25) is 10.0 Å². The molecule has 0 atom stereocenters. The van der Waals surface area contributed by atoms with Gasteiger partial charge in [0.05, 0.1) is 25.9 Å². The molecule has 10 heteroatoms. The molecule has 2 heterocycles. The number of benzene rings is 1. The minimum atomic E-state index is -3.76. The molecule has 8 nitrogen and oxygen atoms in total. The number of nitriles is 1. The number of morpholine rings is 1. The standard InChI is InChI=1S/C19H21N3O5S2/c20-7-1-2-10-27-16-5-3-4-15(14-16)21-19(23)18-17(6-13-28-18)29(24,25)22-8-11-26-12-9-22/h3-6,13-14H,1-2,8-12H2,(H,21,23). The number of rotatable bonds is 8. The minimum Gasteiger partial charge on any atom is -0.493 e. The molecule has 0 aliphatic carbocycles. The van der Waals surface area contributed by atoms with Crippen molar-refractivity contribution < 1.29 is 22.7 Å². The maximum atomic E-state index is 12.9. The predicted octanol–water partition coefficient (Wildman–Crippen LogP) is 2.70. The molecule has 29 heavy (non-hydrogen) atoms. The Morgan fingerprint density at radius 3 is 2.86 bits per heavy atom. The topological polar surface area (TPSA) is 109 Å². The Kier molecular flexibility index (Phi) is 7.22. The van der Waals surface area contributed by atoms with Gasteiger partial charge in [-0.25, -0.2) is 8.42 Å². The molecule has 1 amide bonds. The number of hydrogen-bond donors (Lipinski definition) is 1. The second-order valence-corrected chi connectivity index (χ2v) is 9.04. The molecule has 1 aromatic carbocycles. The van der Waals surface area contributed by atoms with Crippen molar-refractivity contribution in [1.29, 1.82) is 5.26 Å². The van der Waals surface area contributed by atoms with Crippen LogP contribution in [0.25, 0.3) is 0 Å². The first-order valence-corrected chi connectivity index (χ1v) is 11.4. The van der Waals surface area contributed by atoms with Crippen LogP contribution in [0.5, 0.6) is 5.75 Å². The fraction of sp³-hybridized carbons (Fsp3) is 0.368. The number of amides is 1. The van der Waals surface area contributed by atoms with Gasteiger partial charge in [0.1, 0.15) is 15.5 Å². The van der Waals surface area contributed by atoms with E-state index in [2.05, 4.69) is 11.4 Å². The molecule has 1 fully saturated rings. The average Bonchev–Trinajstić information content (AvgIpc) is 3.23. The first-order chi connectivity index (χ1) is 14.0. The molecule has 0 saturated carbocycles. The average molecular weight is 436 g/mol. The number of nitrogens with zero attached hydrogens (tertiary/aromatic N) is 2. The summed E-state index contributed by atoms with van der Waals surface area (Å²) in [7, 11) is -3.76. The number of anilines is 1. The SMILES string of the molecule is N#CCCCOc1cccc(NC(=O)c2sccc2S(=O)(=O)N2CCOCC2)c1. The first-order valence-electron chi connectivity index (χ1n) is 9.09. The van der Waals surface area contributed by atoms with E-state index in [1.807, 2.05) is 0 Å². The molecule has 1 aliphatic heterocycles. The van der Waals surface area contributed by atoms with E-state index in [1.54, 1.807) is 29.6 Å². The number of thiophene rings is 1. The highest BCUT2D eigenvalue weighted by molar-refractivity contribution is 7.89. The van der Waals surface area contributed by atoms with Crippen molar-refractivity contribution in [2.45, 2.75) is 17.7 Å². The van der Waals surface area contributed by atoms with E-state index in [0.29, 0.717) is 44.1 Å². The minimum absolute atomic E-state index is 0.00538. The number of sulfonamides is 1. The van der Waals surface area contributed by atoms with Crippen LogP contribution in [0.4, 0.5) is 5.69 Å². The maximum absolute atomic E-state index is 12.9. The van der Waals surface area contributed by atoms with Crippen LogP contribution in [0.15, 0.2) is 40.6 Å². The Balaban J connectivity index is 1.71. The van der Waals surface area contributed by atoms with Crippen LogP contribution in [0, 0.1) is 11.3 Å². The third-order valence-corrected chi connectivity index (χ3v) is 7.20. The number of unbranched alkanes of at least 4 members (excludes halogenated alkanes) is 1. The molecule has 154 valence electrons. The van der Waals surface area contributed by atoms with Crippen molar-refractivity contribution in [3.63, 3.8) is 0 Å². The lowest BCUT2D eigenvalue weighted by atomic mass is 10.3. The predicted molar refractivity (Wildman–Crippen MR) is 109 cm³/mol. The second-order valence-electron chi connectivity index (χ2n) is 6.22. The Labute approximate surface area is 173 Å². The van der Waals surface area contributed by atoms with Gasteiger partial charge in [-0.05, 0) is 30.0 Å². The summed E-state index contributed by atoms with van der Waals surface area (Å²) in [5.41, 5.74) is 0.496. The highest BCUT2D eigenvalue weighted by Crippen LogP contribution is 2.27. The van der Waals surface area contributed by atoms with Crippen LogP contribution in [-0.4, -0.2) is 51.5 Å². The highest BCUT2D eigenvalue weighted by Gasteiger charge is 2.31. The number of nitrogens with one attached hydrogen (secondary N) is 1. The monoisotopic (exact) mass is 435 g/mol. The fourth-order valence-corrected chi connectivity index (χ4v) is 5.49. The van der Waals surface area contributed by atoms with E-state index in [0.717, 1.165) is 11.3 Å². The first kappa shape index (κ1) is 21.3. The van der Waals surface area contributed by atoms with Crippen LogP contribution >= 0.6 is 11.3 Å². The summed E-state index contributed by atoms with van der Waals surface area (Å²) in [4.78, 5) is 12.9. The van der Waals surface area contributed by atoms with Gasteiger partial charge in [0.25, 0.3) is 5.91 Å². The lowest BCUT2D eigenvalue weighted by Gasteiger charge is -2.26. The summed E-state index contributed by atoms with van der Waals surface area (Å²) in [5, 5.41) is 12.9.